The summed E-state index contributed by atoms with van der Waals surface area (Å²) in [6, 6.07) is 5.77. The summed E-state index contributed by atoms with van der Waals surface area (Å²) in [4.78, 5) is 21.1. The zero-order chi connectivity index (χ0) is 20.4. The van der Waals surface area contributed by atoms with Crippen LogP contribution in [0.25, 0.3) is 0 Å². The second-order valence-corrected chi connectivity index (χ2v) is 9.64. The van der Waals surface area contributed by atoms with Crippen LogP contribution in [0.2, 0.25) is 0 Å². The van der Waals surface area contributed by atoms with Crippen LogP contribution in [-0.2, 0) is 15.4 Å². The lowest BCUT2D eigenvalue weighted by molar-refractivity contribution is 0.102. The fourth-order valence-electron chi connectivity index (χ4n) is 2.22. The molecule has 0 spiro atoms. The van der Waals surface area contributed by atoms with Crippen molar-refractivity contribution in [2.45, 2.75) is 51.0 Å². The number of nitrogens with one attached hydrogen (secondary N) is 1. The number of carbonyl (C=O) groups excluding carboxylic acids is 1. The van der Waals surface area contributed by atoms with E-state index in [1.54, 1.807) is 38.4 Å². The van der Waals surface area contributed by atoms with Crippen molar-refractivity contribution in [2.75, 3.05) is 12.4 Å². The van der Waals surface area contributed by atoms with Gasteiger partial charge in [0.1, 0.15) is 5.82 Å². The second kappa shape index (κ2) is 7.74. The normalized spacial score (nSPS) is 12.4. The first kappa shape index (κ1) is 21.0. The molecule has 0 aliphatic rings. The van der Waals surface area contributed by atoms with E-state index >= 15 is 0 Å². The Labute approximate surface area is 160 Å². The lowest BCUT2D eigenvalue weighted by Crippen LogP contribution is -2.33. The summed E-state index contributed by atoms with van der Waals surface area (Å²) in [5.74, 6) is 0.247. The minimum absolute atomic E-state index is 0.0747. The Morgan fingerprint density at radius 3 is 2.26 bits per heavy atom. The Bertz CT molecular complexity index is 917. The van der Waals surface area contributed by atoms with E-state index in [9.17, 15) is 13.2 Å². The average Bonchev–Trinajstić information content (AvgIpc) is 2.60. The maximum absolute atomic E-state index is 12.6. The van der Waals surface area contributed by atoms with Crippen LogP contribution in [0.4, 0.5) is 5.69 Å². The lowest BCUT2D eigenvalue weighted by atomic mass is 9.96. The van der Waals surface area contributed by atoms with Gasteiger partial charge in [-0.25, -0.2) is 18.4 Å². The predicted molar refractivity (Wildman–Crippen MR) is 105 cm³/mol. The van der Waals surface area contributed by atoms with Crippen molar-refractivity contribution in [1.82, 2.24) is 14.3 Å². The summed E-state index contributed by atoms with van der Waals surface area (Å²) in [5, 5.41) is 2.70. The molecule has 146 valence electrons. The molecular formula is C19H26N4O3S. The van der Waals surface area contributed by atoms with Crippen molar-refractivity contribution >= 4 is 21.6 Å². The Morgan fingerprint density at radius 1 is 1.15 bits per heavy atom. The average molecular weight is 391 g/mol. The maximum Gasteiger partial charge on any atom is 0.255 e. The second-order valence-electron chi connectivity index (χ2n) is 7.64. The van der Waals surface area contributed by atoms with Crippen LogP contribution < -0.4 is 5.32 Å². The predicted octanol–water partition coefficient (Wildman–Crippen LogP) is 3.06. The number of aromatic nitrogens is 2. The number of benzene rings is 1. The van der Waals surface area contributed by atoms with Gasteiger partial charge in [0.2, 0.25) is 10.0 Å². The molecule has 0 radical (unpaired) electrons. The topological polar surface area (TPSA) is 92.3 Å². The van der Waals surface area contributed by atoms with Crippen LogP contribution in [0.15, 0.2) is 41.6 Å². The number of rotatable bonds is 5. The Morgan fingerprint density at radius 2 is 1.74 bits per heavy atom. The summed E-state index contributed by atoms with van der Waals surface area (Å²) in [6.07, 6.45) is 3.08. The van der Waals surface area contributed by atoms with Crippen molar-refractivity contribution in [1.29, 1.82) is 0 Å². The lowest BCUT2D eigenvalue weighted by Gasteiger charge is -2.21. The molecule has 0 saturated heterocycles. The smallest absolute Gasteiger partial charge is 0.255 e. The van der Waals surface area contributed by atoms with Crippen LogP contribution in [0, 0.1) is 0 Å². The summed E-state index contributed by atoms with van der Waals surface area (Å²) in [5.41, 5.74) is 0.502. The van der Waals surface area contributed by atoms with E-state index in [0.717, 1.165) is 0 Å². The first-order chi connectivity index (χ1) is 12.4. The Hall–Kier alpha value is -2.32. The van der Waals surface area contributed by atoms with E-state index in [0.29, 0.717) is 11.5 Å². The fraction of sp³-hybridized carbons (Fsp3) is 0.421. The van der Waals surface area contributed by atoms with Gasteiger partial charge in [0.25, 0.3) is 5.91 Å². The van der Waals surface area contributed by atoms with Crippen molar-refractivity contribution in [3.05, 3.63) is 48.0 Å². The number of amides is 1. The van der Waals surface area contributed by atoms with Gasteiger partial charge in [-0.1, -0.05) is 26.8 Å². The molecule has 8 heteroatoms. The number of hydrogen-bond acceptors (Lipinski definition) is 5. The highest BCUT2D eigenvalue weighted by Crippen LogP contribution is 2.20. The molecule has 2 aromatic rings. The molecule has 0 saturated carbocycles. The molecule has 0 aliphatic carbocycles. The highest BCUT2D eigenvalue weighted by molar-refractivity contribution is 7.89. The quantitative estimate of drug-likeness (QED) is 0.847. The summed E-state index contributed by atoms with van der Waals surface area (Å²) >= 11 is 0. The van der Waals surface area contributed by atoms with Gasteiger partial charge in [-0.15, -0.1) is 0 Å². The molecular weight excluding hydrogens is 364 g/mol. The molecule has 2 rings (SSSR count). The van der Waals surface area contributed by atoms with Crippen LogP contribution in [0.1, 0.15) is 50.8 Å². The zero-order valence-corrected chi connectivity index (χ0v) is 17.3. The molecule has 1 aromatic heterocycles. The van der Waals surface area contributed by atoms with Gasteiger partial charge in [0.15, 0.2) is 0 Å². The molecule has 0 aliphatic heterocycles. The van der Waals surface area contributed by atoms with E-state index in [4.69, 9.17) is 0 Å². The van der Waals surface area contributed by atoms with Crippen LogP contribution >= 0.6 is 0 Å². The van der Waals surface area contributed by atoms with Crippen LogP contribution in [-0.4, -0.2) is 41.7 Å². The zero-order valence-electron chi connectivity index (χ0n) is 16.5. The van der Waals surface area contributed by atoms with E-state index in [-0.39, 0.29) is 21.9 Å². The Balaban J connectivity index is 2.23. The first-order valence-corrected chi connectivity index (χ1v) is 10.1. The van der Waals surface area contributed by atoms with E-state index in [1.165, 1.54) is 23.5 Å². The van der Waals surface area contributed by atoms with Crippen molar-refractivity contribution in [3.8, 4) is 0 Å². The minimum atomic E-state index is -3.66. The van der Waals surface area contributed by atoms with Crippen molar-refractivity contribution < 1.29 is 13.2 Å². The number of anilines is 1. The third-order valence-corrected chi connectivity index (χ3v) is 6.11. The van der Waals surface area contributed by atoms with Crippen LogP contribution in [0.3, 0.4) is 0 Å². The third-order valence-electron chi connectivity index (χ3n) is 4.08. The molecule has 27 heavy (non-hydrogen) atoms. The van der Waals surface area contributed by atoms with Crippen molar-refractivity contribution in [3.63, 3.8) is 0 Å². The standard InChI is InChI=1S/C19H26N4O3S/c1-13(2)23(6)27(25,26)16-9-7-8-14(10-16)17(24)22-15-11-20-18(21-12-15)19(3,4)5/h7-13H,1-6H3,(H,22,24). The molecule has 1 heterocycles. The SMILES string of the molecule is CC(C)N(C)S(=O)(=O)c1cccc(C(=O)Nc2cnc(C(C)(C)C)nc2)c1. The maximum atomic E-state index is 12.6. The summed E-state index contributed by atoms with van der Waals surface area (Å²) in [7, 11) is -2.15. The molecule has 1 N–H and O–H groups in total. The molecule has 0 fully saturated rings. The molecule has 0 unspecified atom stereocenters. The van der Waals surface area contributed by atoms with Gasteiger partial charge in [-0.3, -0.25) is 4.79 Å². The minimum Gasteiger partial charge on any atom is -0.319 e. The molecule has 0 bridgehead atoms. The van der Waals surface area contributed by atoms with Gasteiger partial charge < -0.3 is 5.32 Å². The highest BCUT2D eigenvalue weighted by Gasteiger charge is 2.24. The molecule has 0 atom stereocenters. The van der Waals surface area contributed by atoms with E-state index in [2.05, 4.69) is 15.3 Å². The fourth-order valence-corrected chi connectivity index (χ4v) is 3.64. The van der Waals surface area contributed by atoms with Gasteiger partial charge in [0, 0.05) is 24.1 Å². The highest BCUT2D eigenvalue weighted by atomic mass is 32.2. The first-order valence-electron chi connectivity index (χ1n) is 8.65. The van der Waals surface area contributed by atoms with Crippen LogP contribution in [0.5, 0.6) is 0 Å². The van der Waals surface area contributed by atoms with E-state index < -0.39 is 15.9 Å². The number of nitrogens with zero attached hydrogens (tertiary/aromatic N) is 3. The molecule has 1 amide bonds. The summed E-state index contributed by atoms with van der Waals surface area (Å²) < 4.78 is 26.5. The van der Waals surface area contributed by atoms with Gasteiger partial charge in [-0.2, -0.15) is 4.31 Å². The van der Waals surface area contributed by atoms with E-state index in [1.807, 2.05) is 20.8 Å². The van der Waals surface area contributed by atoms with Crippen molar-refractivity contribution in [2.24, 2.45) is 0 Å². The summed E-state index contributed by atoms with van der Waals surface area (Å²) in [6.45, 7) is 9.58. The largest absolute Gasteiger partial charge is 0.319 e. The number of sulfonamides is 1. The van der Waals surface area contributed by atoms with Gasteiger partial charge in [0.05, 0.1) is 23.0 Å². The third kappa shape index (κ3) is 4.90. The monoisotopic (exact) mass is 390 g/mol. The Kier molecular flexibility index (Phi) is 6.01. The molecule has 1 aromatic carbocycles. The molecule has 7 nitrogen and oxygen atoms in total. The number of carbonyl (C=O) groups is 1. The van der Waals surface area contributed by atoms with Gasteiger partial charge in [-0.05, 0) is 32.0 Å². The number of hydrogen-bond donors (Lipinski definition) is 1. The van der Waals surface area contributed by atoms with Gasteiger partial charge >= 0.3 is 0 Å².